The first-order chi connectivity index (χ1) is 13.5. The van der Waals surface area contributed by atoms with Crippen LogP contribution in [0.3, 0.4) is 0 Å². The van der Waals surface area contributed by atoms with Crippen LogP contribution in [0.5, 0.6) is 5.75 Å². The van der Waals surface area contributed by atoms with Crippen LogP contribution in [0, 0.1) is 5.92 Å². The number of carbonyl (C=O) groups excluding carboxylic acids is 2. The lowest BCUT2D eigenvalue weighted by molar-refractivity contribution is -0.123. The average molecular weight is 448 g/mol. The number of nitrogens with one attached hydrogen (secondary N) is 1. The molecule has 3 rings (SSSR count). The first kappa shape index (κ1) is 20.6. The number of piperidine rings is 1. The van der Waals surface area contributed by atoms with Crippen LogP contribution in [0.25, 0.3) is 10.8 Å². The van der Waals surface area contributed by atoms with Crippen molar-refractivity contribution in [2.24, 2.45) is 11.7 Å². The second-order valence-electron chi connectivity index (χ2n) is 7.19. The summed E-state index contributed by atoms with van der Waals surface area (Å²) in [6, 6.07) is 11.8. The highest BCUT2D eigenvalue weighted by molar-refractivity contribution is 9.10. The molecular weight excluding hydrogens is 422 g/mol. The second-order valence-corrected chi connectivity index (χ2v) is 8.10. The molecule has 3 N–H and O–H groups in total. The van der Waals surface area contributed by atoms with Gasteiger partial charge in [-0.05, 0) is 67.4 Å². The molecule has 150 valence electrons. The van der Waals surface area contributed by atoms with Gasteiger partial charge in [-0.1, -0.05) is 28.1 Å². The SMILES string of the molecule is NC(=O)C1CCCN(CCCNC(=O)COc2ccc3cc(Br)ccc3c2)C1. The van der Waals surface area contributed by atoms with Gasteiger partial charge in [0.25, 0.3) is 5.91 Å². The lowest BCUT2D eigenvalue weighted by atomic mass is 9.97. The van der Waals surface area contributed by atoms with Crippen LogP contribution in [0.15, 0.2) is 40.9 Å². The van der Waals surface area contributed by atoms with Crippen LogP contribution < -0.4 is 15.8 Å². The molecule has 0 bridgehead atoms. The summed E-state index contributed by atoms with van der Waals surface area (Å²) >= 11 is 3.46. The van der Waals surface area contributed by atoms with E-state index in [9.17, 15) is 9.59 Å². The van der Waals surface area contributed by atoms with Crippen LogP contribution >= 0.6 is 15.9 Å². The summed E-state index contributed by atoms with van der Waals surface area (Å²) in [6.07, 6.45) is 2.71. The maximum atomic E-state index is 12.0. The molecule has 2 aromatic carbocycles. The standard InChI is InChI=1S/C21H26BrN3O3/c22-18-6-4-16-12-19(7-5-15(16)11-18)28-14-20(26)24-8-2-10-25-9-1-3-17(13-25)21(23)27/h4-7,11-12,17H,1-3,8-10,13-14H2,(H2,23,27)(H,24,26). The van der Waals surface area contributed by atoms with Gasteiger partial charge in [-0.15, -0.1) is 0 Å². The molecule has 1 aliphatic heterocycles. The Bertz CT molecular complexity index is 843. The molecule has 1 unspecified atom stereocenters. The Morgan fingerprint density at radius 1 is 1.21 bits per heavy atom. The van der Waals surface area contributed by atoms with E-state index in [1.54, 1.807) is 0 Å². The number of fused-ring (bicyclic) bond motifs is 1. The summed E-state index contributed by atoms with van der Waals surface area (Å²) in [6.45, 7) is 3.15. The third-order valence-corrected chi connectivity index (χ3v) is 5.52. The van der Waals surface area contributed by atoms with E-state index < -0.39 is 0 Å². The van der Waals surface area contributed by atoms with Crippen LogP contribution in [-0.4, -0.2) is 49.5 Å². The number of hydrogen-bond acceptors (Lipinski definition) is 4. The molecule has 1 heterocycles. The summed E-state index contributed by atoms with van der Waals surface area (Å²) in [5, 5.41) is 5.06. The quantitative estimate of drug-likeness (QED) is 0.609. The zero-order valence-electron chi connectivity index (χ0n) is 15.8. The fraction of sp³-hybridized carbons (Fsp3) is 0.429. The predicted molar refractivity (Wildman–Crippen MR) is 113 cm³/mol. The van der Waals surface area contributed by atoms with Gasteiger partial charge in [-0.3, -0.25) is 9.59 Å². The molecule has 2 amide bonds. The Balaban J connectivity index is 1.36. The van der Waals surface area contributed by atoms with Gasteiger partial charge in [0, 0.05) is 17.6 Å². The van der Waals surface area contributed by atoms with Crippen LogP contribution in [-0.2, 0) is 9.59 Å². The van der Waals surface area contributed by atoms with Crippen molar-refractivity contribution in [3.8, 4) is 5.75 Å². The van der Waals surface area contributed by atoms with E-state index in [0.29, 0.717) is 12.3 Å². The smallest absolute Gasteiger partial charge is 0.257 e. The first-order valence-electron chi connectivity index (χ1n) is 9.62. The normalized spacial score (nSPS) is 17.4. The van der Waals surface area contributed by atoms with Crippen molar-refractivity contribution >= 4 is 38.5 Å². The molecule has 0 saturated carbocycles. The van der Waals surface area contributed by atoms with Crippen LogP contribution in [0.1, 0.15) is 19.3 Å². The number of benzene rings is 2. The molecule has 0 radical (unpaired) electrons. The van der Waals surface area contributed by atoms with E-state index in [2.05, 4.69) is 26.1 Å². The fourth-order valence-electron chi connectivity index (χ4n) is 3.51. The van der Waals surface area contributed by atoms with Gasteiger partial charge in [0.05, 0.1) is 5.92 Å². The molecule has 7 heteroatoms. The maximum absolute atomic E-state index is 12.0. The number of amides is 2. The molecule has 1 fully saturated rings. The van der Waals surface area contributed by atoms with Crippen molar-refractivity contribution < 1.29 is 14.3 Å². The number of primary amides is 1. The first-order valence-corrected chi connectivity index (χ1v) is 10.4. The number of hydrogen-bond donors (Lipinski definition) is 2. The van der Waals surface area contributed by atoms with Crippen molar-refractivity contribution in [3.05, 3.63) is 40.9 Å². The van der Waals surface area contributed by atoms with E-state index in [0.717, 1.165) is 54.1 Å². The molecule has 0 aromatic heterocycles. The Morgan fingerprint density at radius 3 is 2.82 bits per heavy atom. The van der Waals surface area contributed by atoms with Gasteiger partial charge in [0.1, 0.15) is 5.75 Å². The molecule has 1 atom stereocenters. The minimum absolute atomic E-state index is 0.00447. The zero-order chi connectivity index (χ0) is 19.9. The Labute approximate surface area is 173 Å². The molecular formula is C21H26BrN3O3. The fourth-order valence-corrected chi connectivity index (χ4v) is 3.88. The van der Waals surface area contributed by atoms with E-state index in [1.807, 2.05) is 36.4 Å². The predicted octanol–water partition coefficient (Wildman–Crippen LogP) is 2.68. The average Bonchev–Trinajstić information content (AvgIpc) is 2.69. The number of nitrogens with two attached hydrogens (primary N) is 1. The molecule has 0 aliphatic carbocycles. The van der Waals surface area contributed by atoms with Crippen LogP contribution in [0.2, 0.25) is 0 Å². The number of carbonyl (C=O) groups is 2. The van der Waals surface area contributed by atoms with Gasteiger partial charge in [-0.2, -0.15) is 0 Å². The van der Waals surface area contributed by atoms with Gasteiger partial charge in [-0.25, -0.2) is 0 Å². The van der Waals surface area contributed by atoms with Gasteiger partial charge >= 0.3 is 0 Å². The third kappa shape index (κ3) is 5.94. The van der Waals surface area contributed by atoms with Gasteiger partial charge in [0.15, 0.2) is 6.61 Å². The summed E-state index contributed by atoms with van der Waals surface area (Å²) in [5.41, 5.74) is 5.40. The molecule has 1 aliphatic rings. The van der Waals surface area contributed by atoms with E-state index in [-0.39, 0.29) is 24.3 Å². The largest absolute Gasteiger partial charge is 0.484 e. The monoisotopic (exact) mass is 447 g/mol. The van der Waals surface area contributed by atoms with Crippen molar-refractivity contribution in [1.82, 2.24) is 10.2 Å². The third-order valence-electron chi connectivity index (χ3n) is 5.02. The lowest BCUT2D eigenvalue weighted by Crippen LogP contribution is -2.42. The minimum Gasteiger partial charge on any atom is -0.484 e. The summed E-state index contributed by atoms with van der Waals surface area (Å²) in [7, 11) is 0. The van der Waals surface area contributed by atoms with Crippen molar-refractivity contribution in [2.75, 3.05) is 32.8 Å². The highest BCUT2D eigenvalue weighted by atomic mass is 79.9. The highest BCUT2D eigenvalue weighted by Crippen LogP contribution is 2.24. The number of nitrogens with zero attached hydrogens (tertiary/aromatic N) is 1. The van der Waals surface area contributed by atoms with Crippen molar-refractivity contribution in [3.63, 3.8) is 0 Å². The second kappa shape index (κ2) is 9.89. The van der Waals surface area contributed by atoms with E-state index >= 15 is 0 Å². The van der Waals surface area contributed by atoms with E-state index in [4.69, 9.17) is 10.5 Å². The number of halogens is 1. The zero-order valence-corrected chi connectivity index (χ0v) is 17.4. The van der Waals surface area contributed by atoms with Crippen molar-refractivity contribution in [1.29, 1.82) is 0 Å². The Kier molecular flexibility index (Phi) is 7.28. The Hall–Kier alpha value is -2.12. The topological polar surface area (TPSA) is 84.7 Å². The molecule has 2 aromatic rings. The summed E-state index contributed by atoms with van der Waals surface area (Å²) < 4.78 is 6.64. The van der Waals surface area contributed by atoms with Crippen LogP contribution in [0.4, 0.5) is 0 Å². The van der Waals surface area contributed by atoms with Gasteiger partial charge in [0.2, 0.25) is 5.91 Å². The highest BCUT2D eigenvalue weighted by Gasteiger charge is 2.23. The number of rotatable bonds is 8. The lowest BCUT2D eigenvalue weighted by Gasteiger charge is -2.31. The van der Waals surface area contributed by atoms with Gasteiger partial charge < -0.3 is 20.7 Å². The maximum Gasteiger partial charge on any atom is 0.257 e. The summed E-state index contributed by atoms with van der Waals surface area (Å²) in [4.78, 5) is 25.6. The Morgan fingerprint density at radius 2 is 2.00 bits per heavy atom. The minimum atomic E-state index is -0.212. The molecule has 0 spiro atoms. The van der Waals surface area contributed by atoms with E-state index in [1.165, 1.54) is 0 Å². The van der Waals surface area contributed by atoms with Crippen molar-refractivity contribution in [2.45, 2.75) is 19.3 Å². The molecule has 6 nitrogen and oxygen atoms in total. The molecule has 1 saturated heterocycles. The summed E-state index contributed by atoms with van der Waals surface area (Å²) in [5.74, 6) is 0.289. The number of likely N-dealkylation sites (tertiary alicyclic amines) is 1. The molecule has 28 heavy (non-hydrogen) atoms. The number of ether oxygens (including phenoxy) is 1.